The predicted molar refractivity (Wildman–Crippen MR) is 130 cm³/mol. The van der Waals surface area contributed by atoms with E-state index in [0.717, 1.165) is 5.56 Å². The van der Waals surface area contributed by atoms with Gasteiger partial charge in [0.2, 0.25) is 17.7 Å². The highest BCUT2D eigenvalue weighted by molar-refractivity contribution is 7.14. The maximum absolute atomic E-state index is 13.3. The molecule has 9 heteroatoms. The van der Waals surface area contributed by atoms with Gasteiger partial charge < -0.3 is 14.8 Å². The Balaban J connectivity index is 1.55. The topological polar surface area (TPSA) is 97.8 Å². The minimum Gasteiger partial charge on any atom is -0.497 e. The van der Waals surface area contributed by atoms with E-state index in [0.29, 0.717) is 41.6 Å². The van der Waals surface area contributed by atoms with Gasteiger partial charge in [0.1, 0.15) is 17.5 Å². The molecule has 0 bridgehead atoms. The van der Waals surface area contributed by atoms with Crippen LogP contribution in [0.1, 0.15) is 33.1 Å². The second-order valence-corrected chi connectivity index (χ2v) is 9.80. The first-order valence-electron chi connectivity index (χ1n) is 11.3. The second-order valence-electron chi connectivity index (χ2n) is 8.94. The van der Waals surface area contributed by atoms with Gasteiger partial charge in [0.25, 0.3) is 0 Å². The van der Waals surface area contributed by atoms with Crippen molar-refractivity contribution in [1.29, 1.82) is 0 Å². The van der Waals surface area contributed by atoms with Crippen molar-refractivity contribution in [2.75, 3.05) is 19.5 Å². The quantitative estimate of drug-likeness (QED) is 0.448. The van der Waals surface area contributed by atoms with E-state index in [1.54, 1.807) is 20.3 Å². The van der Waals surface area contributed by atoms with Gasteiger partial charge in [0.15, 0.2) is 5.13 Å². The fourth-order valence-electron chi connectivity index (χ4n) is 4.56. The smallest absolute Gasteiger partial charge is 0.249 e. The van der Waals surface area contributed by atoms with Crippen LogP contribution in [0.3, 0.4) is 0 Å². The zero-order valence-electron chi connectivity index (χ0n) is 19.7. The number of amides is 3. The molecule has 1 N–H and O–H groups in total. The van der Waals surface area contributed by atoms with Gasteiger partial charge in [-0.05, 0) is 37.3 Å². The molecule has 4 rings (SSSR count). The lowest BCUT2D eigenvalue weighted by Crippen LogP contribution is -2.48. The van der Waals surface area contributed by atoms with Crippen LogP contribution < -0.4 is 14.8 Å². The Morgan fingerprint density at radius 2 is 1.82 bits per heavy atom. The number of likely N-dealkylation sites (tertiary alicyclic amines) is 1. The highest BCUT2D eigenvalue weighted by atomic mass is 32.1. The molecule has 3 atom stereocenters. The second kappa shape index (κ2) is 9.97. The van der Waals surface area contributed by atoms with Crippen molar-refractivity contribution in [2.45, 2.75) is 39.2 Å². The molecule has 2 aliphatic rings. The summed E-state index contributed by atoms with van der Waals surface area (Å²) in [6.45, 7) is 3.94. The van der Waals surface area contributed by atoms with Gasteiger partial charge in [-0.1, -0.05) is 26.0 Å². The van der Waals surface area contributed by atoms with Crippen molar-refractivity contribution in [1.82, 2.24) is 9.88 Å². The van der Waals surface area contributed by atoms with Crippen LogP contribution in [0.2, 0.25) is 0 Å². The Morgan fingerprint density at radius 3 is 2.41 bits per heavy atom. The standard InChI is InChI=1S/C25H29N3O5S/c1-14(2)11-20(28-23(30)16-7-5-6-8-17(16)24(28)31)22(29)27-25-26-19(13-34-25)18-10-9-15(32-3)12-21(18)33-4/h5-6,9-10,12-14,16-17,20H,7-8,11H2,1-4H3,(H,26,27,29). The van der Waals surface area contributed by atoms with Crippen LogP contribution in [0, 0.1) is 17.8 Å². The number of aromatic nitrogens is 1. The molecule has 2 aromatic rings. The molecule has 2 heterocycles. The van der Waals surface area contributed by atoms with Gasteiger partial charge in [-0.2, -0.15) is 0 Å². The number of ether oxygens (including phenoxy) is 2. The summed E-state index contributed by atoms with van der Waals surface area (Å²) in [5, 5.41) is 5.05. The van der Waals surface area contributed by atoms with Crippen LogP contribution >= 0.6 is 11.3 Å². The lowest BCUT2D eigenvalue weighted by atomic mass is 9.85. The maximum Gasteiger partial charge on any atom is 0.249 e. The average molecular weight is 484 g/mol. The monoisotopic (exact) mass is 483 g/mol. The number of anilines is 1. The summed E-state index contributed by atoms with van der Waals surface area (Å²) in [6, 6.07) is 4.56. The number of fused-ring (bicyclic) bond motifs is 1. The van der Waals surface area contributed by atoms with Gasteiger partial charge in [0.05, 0.1) is 31.7 Å². The summed E-state index contributed by atoms with van der Waals surface area (Å²) in [6.07, 6.45) is 5.36. The first-order chi connectivity index (χ1) is 16.3. The number of allylic oxidation sites excluding steroid dienone is 2. The summed E-state index contributed by atoms with van der Waals surface area (Å²) in [5.41, 5.74) is 1.41. The van der Waals surface area contributed by atoms with Crippen molar-refractivity contribution in [2.24, 2.45) is 17.8 Å². The number of rotatable bonds is 8. The number of benzene rings is 1. The van der Waals surface area contributed by atoms with Gasteiger partial charge >= 0.3 is 0 Å². The largest absolute Gasteiger partial charge is 0.497 e. The molecule has 1 saturated heterocycles. The molecule has 8 nitrogen and oxygen atoms in total. The van der Waals surface area contributed by atoms with Crippen LogP contribution in [-0.4, -0.2) is 47.9 Å². The third-order valence-electron chi connectivity index (χ3n) is 6.27. The molecule has 1 fully saturated rings. The fourth-order valence-corrected chi connectivity index (χ4v) is 5.28. The summed E-state index contributed by atoms with van der Waals surface area (Å²) >= 11 is 1.27. The Kier molecular flexibility index (Phi) is 7.02. The molecule has 3 amide bonds. The summed E-state index contributed by atoms with van der Waals surface area (Å²) in [7, 11) is 3.15. The average Bonchev–Trinajstić information content (AvgIpc) is 3.39. The summed E-state index contributed by atoms with van der Waals surface area (Å²) in [4.78, 5) is 45.3. The molecule has 180 valence electrons. The van der Waals surface area contributed by atoms with E-state index in [9.17, 15) is 14.4 Å². The summed E-state index contributed by atoms with van der Waals surface area (Å²) < 4.78 is 10.7. The third kappa shape index (κ3) is 4.57. The number of hydrogen-bond donors (Lipinski definition) is 1. The first-order valence-corrected chi connectivity index (χ1v) is 12.2. The number of methoxy groups -OCH3 is 2. The van der Waals surface area contributed by atoms with Crippen molar-refractivity contribution in [3.05, 3.63) is 35.7 Å². The fraction of sp³-hybridized carbons (Fsp3) is 0.440. The van der Waals surface area contributed by atoms with E-state index in [2.05, 4.69) is 10.3 Å². The Bertz CT molecular complexity index is 1100. The van der Waals surface area contributed by atoms with E-state index in [4.69, 9.17) is 9.47 Å². The predicted octanol–water partition coefficient (Wildman–Crippen LogP) is 4.13. The van der Waals surface area contributed by atoms with E-state index in [1.165, 1.54) is 16.2 Å². The van der Waals surface area contributed by atoms with E-state index < -0.39 is 11.9 Å². The van der Waals surface area contributed by atoms with E-state index in [-0.39, 0.29) is 29.6 Å². The number of hydrogen-bond acceptors (Lipinski definition) is 7. The molecule has 0 radical (unpaired) electrons. The number of carbonyl (C=O) groups is 3. The van der Waals surface area contributed by atoms with Crippen molar-refractivity contribution >= 4 is 34.2 Å². The number of thiazole rings is 1. The molecule has 0 spiro atoms. The van der Waals surface area contributed by atoms with Crippen molar-refractivity contribution in [3.8, 4) is 22.8 Å². The Morgan fingerprint density at radius 1 is 1.15 bits per heavy atom. The molecule has 1 aliphatic heterocycles. The number of imide groups is 1. The SMILES string of the molecule is COc1ccc(-c2csc(NC(=O)C(CC(C)C)N3C(=O)C4CC=CCC4C3=O)n2)c(OC)c1. The van der Waals surface area contributed by atoms with Gasteiger partial charge in [-0.3, -0.25) is 19.3 Å². The third-order valence-corrected chi connectivity index (χ3v) is 7.03. The number of nitrogens with one attached hydrogen (secondary N) is 1. The zero-order chi connectivity index (χ0) is 24.4. The van der Waals surface area contributed by atoms with Crippen LogP contribution in [-0.2, 0) is 14.4 Å². The van der Waals surface area contributed by atoms with Crippen LogP contribution in [0.25, 0.3) is 11.3 Å². The normalized spacial score (nSPS) is 20.4. The van der Waals surface area contributed by atoms with Crippen molar-refractivity contribution in [3.63, 3.8) is 0 Å². The van der Waals surface area contributed by atoms with Gasteiger partial charge in [0, 0.05) is 17.0 Å². The molecule has 0 saturated carbocycles. The molecule has 1 aromatic heterocycles. The van der Waals surface area contributed by atoms with Crippen LogP contribution in [0.15, 0.2) is 35.7 Å². The molecule has 34 heavy (non-hydrogen) atoms. The minimum atomic E-state index is -0.867. The molecule has 1 aliphatic carbocycles. The zero-order valence-corrected chi connectivity index (χ0v) is 20.6. The summed E-state index contributed by atoms with van der Waals surface area (Å²) in [5.74, 6) is -0.243. The number of nitrogens with zero attached hydrogens (tertiary/aromatic N) is 2. The highest BCUT2D eigenvalue weighted by Gasteiger charge is 2.51. The molecular weight excluding hydrogens is 454 g/mol. The van der Waals surface area contributed by atoms with Gasteiger partial charge in [-0.25, -0.2) is 4.98 Å². The molecular formula is C25H29N3O5S. The minimum absolute atomic E-state index is 0.118. The van der Waals surface area contributed by atoms with E-state index in [1.807, 2.05) is 43.5 Å². The van der Waals surface area contributed by atoms with Crippen LogP contribution in [0.4, 0.5) is 5.13 Å². The number of carbonyl (C=O) groups excluding carboxylic acids is 3. The molecule has 1 aromatic carbocycles. The lowest BCUT2D eigenvalue weighted by molar-refractivity contribution is -0.147. The first kappa shape index (κ1) is 23.9. The van der Waals surface area contributed by atoms with E-state index >= 15 is 0 Å². The highest BCUT2D eigenvalue weighted by Crippen LogP contribution is 2.38. The van der Waals surface area contributed by atoms with Crippen LogP contribution in [0.5, 0.6) is 11.5 Å². The van der Waals surface area contributed by atoms with Crippen molar-refractivity contribution < 1.29 is 23.9 Å². The Hall–Kier alpha value is -3.20. The Labute approximate surface area is 203 Å². The maximum atomic E-state index is 13.3. The lowest BCUT2D eigenvalue weighted by Gasteiger charge is -2.27. The molecule has 3 unspecified atom stereocenters. The van der Waals surface area contributed by atoms with Gasteiger partial charge in [-0.15, -0.1) is 11.3 Å².